The van der Waals surface area contributed by atoms with Crippen molar-refractivity contribution in [3.8, 4) is 5.69 Å². The molecule has 2 aromatic heterocycles. The van der Waals surface area contributed by atoms with Gasteiger partial charge in [-0.25, -0.2) is 9.67 Å². The molecule has 0 atom stereocenters. The molecule has 0 bridgehead atoms. The molecule has 14 heavy (non-hydrogen) atoms. The van der Waals surface area contributed by atoms with Gasteiger partial charge in [-0.2, -0.15) is 5.10 Å². The molecule has 4 nitrogen and oxygen atoms in total. The van der Waals surface area contributed by atoms with Crippen LogP contribution in [0.4, 0.5) is 0 Å². The van der Waals surface area contributed by atoms with Gasteiger partial charge in [0, 0.05) is 6.20 Å². The van der Waals surface area contributed by atoms with Crippen molar-refractivity contribution >= 4 is 17.9 Å². The third-order valence-corrected chi connectivity index (χ3v) is 1.94. The largest absolute Gasteiger partial charge is 0.298 e. The van der Waals surface area contributed by atoms with E-state index >= 15 is 0 Å². The highest BCUT2D eigenvalue weighted by Gasteiger charge is 1.99. The molecule has 0 saturated heterocycles. The lowest BCUT2D eigenvalue weighted by molar-refractivity contribution is 0.112. The van der Waals surface area contributed by atoms with Crippen molar-refractivity contribution in [2.45, 2.75) is 0 Å². The van der Waals surface area contributed by atoms with E-state index < -0.39 is 0 Å². The molecule has 0 fully saturated rings. The van der Waals surface area contributed by atoms with Crippen LogP contribution in [0, 0.1) is 0 Å². The van der Waals surface area contributed by atoms with Gasteiger partial charge in [-0.1, -0.05) is 11.6 Å². The lowest BCUT2D eigenvalue weighted by atomic mass is 10.4. The van der Waals surface area contributed by atoms with Gasteiger partial charge in [0.1, 0.15) is 5.15 Å². The highest BCUT2D eigenvalue weighted by molar-refractivity contribution is 6.29. The van der Waals surface area contributed by atoms with E-state index in [2.05, 4.69) is 10.1 Å². The van der Waals surface area contributed by atoms with E-state index in [1.807, 2.05) is 0 Å². The number of hydrogen-bond donors (Lipinski definition) is 0. The van der Waals surface area contributed by atoms with Gasteiger partial charge in [-0.15, -0.1) is 0 Å². The molecule has 0 spiro atoms. The first-order valence-corrected chi connectivity index (χ1v) is 4.29. The monoisotopic (exact) mass is 207 g/mol. The summed E-state index contributed by atoms with van der Waals surface area (Å²) in [5, 5.41) is 4.42. The Bertz CT molecular complexity index is 449. The summed E-state index contributed by atoms with van der Waals surface area (Å²) < 4.78 is 1.56. The maximum Gasteiger partial charge on any atom is 0.153 e. The third-order valence-electron chi connectivity index (χ3n) is 1.71. The molecule has 5 heteroatoms. The van der Waals surface area contributed by atoms with Gasteiger partial charge < -0.3 is 0 Å². The molecule has 0 aliphatic rings. The van der Waals surface area contributed by atoms with Crippen LogP contribution in [-0.2, 0) is 0 Å². The summed E-state index contributed by atoms with van der Waals surface area (Å²) in [6.07, 6.45) is 5.44. The lowest BCUT2D eigenvalue weighted by Gasteiger charge is -1.98. The summed E-state index contributed by atoms with van der Waals surface area (Å²) in [5.41, 5.74) is 1.29. The average Bonchev–Trinajstić information content (AvgIpc) is 2.67. The first kappa shape index (κ1) is 8.90. The Labute approximate surface area is 85.1 Å². The second-order valence-corrected chi connectivity index (χ2v) is 3.06. The molecular formula is C9H6ClN3O. The van der Waals surface area contributed by atoms with Crippen molar-refractivity contribution in [1.29, 1.82) is 0 Å². The Balaban J connectivity index is 2.39. The van der Waals surface area contributed by atoms with E-state index in [1.165, 1.54) is 6.20 Å². The van der Waals surface area contributed by atoms with Crippen LogP contribution in [0.3, 0.4) is 0 Å². The van der Waals surface area contributed by atoms with Crippen molar-refractivity contribution in [1.82, 2.24) is 14.8 Å². The molecule has 2 heterocycles. The Hall–Kier alpha value is -1.68. The summed E-state index contributed by atoms with van der Waals surface area (Å²) in [4.78, 5) is 14.3. The van der Waals surface area contributed by atoms with Crippen molar-refractivity contribution in [3.63, 3.8) is 0 Å². The first-order chi connectivity index (χ1) is 6.79. The van der Waals surface area contributed by atoms with Crippen molar-refractivity contribution < 1.29 is 4.79 Å². The molecule has 0 aliphatic heterocycles. The maximum absolute atomic E-state index is 10.4. The number of pyridine rings is 1. The highest BCUT2D eigenvalue weighted by Crippen LogP contribution is 2.09. The molecular weight excluding hydrogens is 202 g/mol. The second-order valence-electron chi connectivity index (χ2n) is 2.68. The summed E-state index contributed by atoms with van der Waals surface area (Å²) >= 11 is 5.63. The van der Waals surface area contributed by atoms with E-state index in [0.29, 0.717) is 10.7 Å². The minimum Gasteiger partial charge on any atom is -0.298 e. The van der Waals surface area contributed by atoms with Gasteiger partial charge in [-0.05, 0) is 12.1 Å². The molecule has 2 aromatic rings. The summed E-state index contributed by atoms with van der Waals surface area (Å²) in [6.45, 7) is 0. The fraction of sp³-hybridized carbons (Fsp3) is 0. The molecule has 2 rings (SSSR count). The maximum atomic E-state index is 10.4. The van der Waals surface area contributed by atoms with Crippen LogP contribution in [0.2, 0.25) is 5.15 Å². The minimum absolute atomic E-state index is 0.427. The zero-order chi connectivity index (χ0) is 9.97. The zero-order valence-electron chi connectivity index (χ0n) is 7.09. The van der Waals surface area contributed by atoms with Crippen molar-refractivity contribution in [2.24, 2.45) is 0 Å². The van der Waals surface area contributed by atoms with Crippen molar-refractivity contribution in [3.05, 3.63) is 41.4 Å². The Kier molecular flexibility index (Phi) is 2.28. The quantitative estimate of drug-likeness (QED) is 0.557. The lowest BCUT2D eigenvalue weighted by Crippen LogP contribution is -1.94. The second kappa shape index (κ2) is 3.59. The predicted molar refractivity (Wildman–Crippen MR) is 51.8 cm³/mol. The van der Waals surface area contributed by atoms with Gasteiger partial charge >= 0.3 is 0 Å². The van der Waals surface area contributed by atoms with Crippen LogP contribution in [0.5, 0.6) is 0 Å². The van der Waals surface area contributed by atoms with Gasteiger partial charge in [0.15, 0.2) is 6.29 Å². The van der Waals surface area contributed by atoms with E-state index in [1.54, 1.807) is 29.2 Å². The van der Waals surface area contributed by atoms with Crippen LogP contribution in [0.15, 0.2) is 30.7 Å². The highest BCUT2D eigenvalue weighted by atomic mass is 35.5. The summed E-state index contributed by atoms with van der Waals surface area (Å²) in [6, 6.07) is 3.44. The van der Waals surface area contributed by atoms with Crippen LogP contribution in [0.1, 0.15) is 10.4 Å². The Morgan fingerprint density at radius 3 is 2.79 bits per heavy atom. The van der Waals surface area contributed by atoms with Crippen LogP contribution in [-0.4, -0.2) is 21.1 Å². The normalized spacial score (nSPS) is 10.1. The molecule has 70 valence electrons. The summed E-state index contributed by atoms with van der Waals surface area (Å²) in [7, 11) is 0. The van der Waals surface area contributed by atoms with Gasteiger partial charge in [0.05, 0.1) is 23.6 Å². The van der Waals surface area contributed by atoms with E-state index in [0.717, 1.165) is 12.0 Å². The van der Waals surface area contributed by atoms with Gasteiger partial charge in [-0.3, -0.25) is 4.79 Å². The number of aldehydes is 1. The van der Waals surface area contributed by atoms with Crippen LogP contribution >= 0.6 is 11.6 Å². The van der Waals surface area contributed by atoms with Gasteiger partial charge in [0.2, 0.25) is 0 Å². The zero-order valence-corrected chi connectivity index (χ0v) is 7.85. The Morgan fingerprint density at radius 2 is 2.21 bits per heavy atom. The fourth-order valence-electron chi connectivity index (χ4n) is 1.04. The number of carbonyl (C=O) groups excluding carboxylic acids is 1. The molecule has 0 aromatic carbocycles. The molecule has 0 radical (unpaired) electrons. The first-order valence-electron chi connectivity index (χ1n) is 3.91. The van der Waals surface area contributed by atoms with Crippen molar-refractivity contribution in [2.75, 3.05) is 0 Å². The molecule has 0 amide bonds. The van der Waals surface area contributed by atoms with E-state index in [9.17, 15) is 4.79 Å². The Morgan fingerprint density at radius 1 is 1.36 bits per heavy atom. The number of hydrogen-bond acceptors (Lipinski definition) is 3. The fourth-order valence-corrected chi connectivity index (χ4v) is 1.15. The van der Waals surface area contributed by atoms with Crippen LogP contribution < -0.4 is 0 Å². The third kappa shape index (κ3) is 1.65. The van der Waals surface area contributed by atoms with E-state index in [-0.39, 0.29) is 0 Å². The number of rotatable bonds is 2. The smallest absolute Gasteiger partial charge is 0.153 e. The standard InChI is InChI=1S/C9H6ClN3O/c10-9-2-1-8(4-11-9)13-5-7(6-14)3-12-13/h1-6H. The topological polar surface area (TPSA) is 47.8 Å². The SMILES string of the molecule is O=Cc1cnn(-c2ccc(Cl)nc2)c1. The number of aromatic nitrogens is 3. The minimum atomic E-state index is 0.427. The van der Waals surface area contributed by atoms with E-state index in [4.69, 9.17) is 11.6 Å². The molecule has 0 unspecified atom stereocenters. The number of carbonyl (C=O) groups is 1. The molecule has 0 saturated carbocycles. The summed E-state index contributed by atoms with van der Waals surface area (Å²) in [5.74, 6) is 0. The molecule has 0 N–H and O–H groups in total. The predicted octanol–water partition coefficient (Wildman–Crippen LogP) is 1.73. The van der Waals surface area contributed by atoms with Crippen LogP contribution in [0.25, 0.3) is 5.69 Å². The average molecular weight is 208 g/mol. The molecule has 0 aliphatic carbocycles. The van der Waals surface area contributed by atoms with Gasteiger partial charge in [0.25, 0.3) is 0 Å². The number of halogens is 1. The number of nitrogens with zero attached hydrogens (tertiary/aromatic N) is 3.